The Hall–Kier alpha value is -3.41. The van der Waals surface area contributed by atoms with Gasteiger partial charge in [0.1, 0.15) is 5.58 Å². The van der Waals surface area contributed by atoms with Crippen LogP contribution in [0.3, 0.4) is 0 Å². The summed E-state index contributed by atoms with van der Waals surface area (Å²) in [5.74, 6) is 0.418. The van der Waals surface area contributed by atoms with E-state index >= 15 is 0 Å². The molecule has 1 aliphatic carbocycles. The van der Waals surface area contributed by atoms with Crippen molar-refractivity contribution >= 4 is 11.0 Å². The molecule has 0 saturated heterocycles. The minimum Gasteiger partial charge on any atom is -0.422 e. The Morgan fingerprint density at radius 1 is 0.929 bits per heavy atom. The Morgan fingerprint density at radius 3 is 2.43 bits per heavy atom. The standard InChI is InChI=1S/C22H18N4O2/c1-13-18-10-14-5-2-3-6-15(14)11-19(18)28-22(27)20(13)16-7-4-8-17(9-16)21-25-23-12-24-26-21/h4,7-12H,2-3,5-6H2,1H3. The van der Waals surface area contributed by atoms with Crippen LogP contribution in [-0.4, -0.2) is 20.4 Å². The van der Waals surface area contributed by atoms with Gasteiger partial charge in [-0.1, -0.05) is 18.2 Å². The molecule has 138 valence electrons. The van der Waals surface area contributed by atoms with E-state index in [4.69, 9.17) is 4.42 Å². The van der Waals surface area contributed by atoms with Crippen molar-refractivity contribution in [1.82, 2.24) is 20.4 Å². The van der Waals surface area contributed by atoms with Crippen molar-refractivity contribution < 1.29 is 4.42 Å². The van der Waals surface area contributed by atoms with Crippen LogP contribution in [0.25, 0.3) is 33.5 Å². The molecule has 0 amide bonds. The normalized spacial score (nSPS) is 13.5. The molecule has 28 heavy (non-hydrogen) atoms. The molecule has 0 fully saturated rings. The summed E-state index contributed by atoms with van der Waals surface area (Å²) in [7, 11) is 0. The van der Waals surface area contributed by atoms with Crippen molar-refractivity contribution in [2.24, 2.45) is 0 Å². The van der Waals surface area contributed by atoms with Crippen molar-refractivity contribution in [2.45, 2.75) is 32.6 Å². The van der Waals surface area contributed by atoms with Crippen molar-refractivity contribution in [1.29, 1.82) is 0 Å². The van der Waals surface area contributed by atoms with E-state index in [1.54, 1.807) is 0 Å². The number of rotatable bonds is 2. The van der Waals surface area contributed by atoms with E-state index in [-0.39, 0.29) is 5.63 Å². The molecule has 0 atom stereocenters. The number of nitrogens with zero attached hydrogens (tertiary/aromatic N) is 4. The van der Waals surface area contributed by atoms with E-state index in [0.29, 0.717) is 17.0 Å². The Labute approximate surface area is 161 Å². The average molecular weight is 370 g/mol. The zero-order valence-electron chi connectivity index (χ0n) is 15.5. The van der Waals surface area contributed by atoms with Crippen LogP contribution in [0.1, 0.15) is 29.5 Å². The van der Waals surface area contributed by atoms with Crippen molar-refractivity contribution in [3.8, 4) is 22.5 Å². The van der Waals surface area contributed by atoms with Crippen LogP contribution < -0.4 is 5.63 Å². The Balaban J connectivity index is 1.70. The highest BCUT2D eigenvalue weighted by molar-refractivity contribution is 5.88. The van der Waals surface area contributed by atoms with Crippen molar-refractivity contribution in [3.63, 3.8) is 0 Å². The van der Waals surface area contributed by atoms with Crippen LogP contribution in [0, 0.1) is 6.92 Å². The predicted octanol–water partition coefficient (Wildman–Crippen LogP) is 3.89. The van der Waals surface area contributed by atoms with Gasteiger partial charge in [0, 0.05) is 10.9 Å². The molecular weight excluding hydrogens is 352 g/mol. The summed E-state index contributed by atoms with van der Waals surface area (Å²) < 4.78 is 5.73. The number of hydrogen-bond donors (Lipinski definition) is 0. The Bertz CT molecular complexity index is 1250. The van der Waals surface area contributed by atoms with Crippen molar-refractivity contribution in [3.05, 3.63) is 69.8 Å². The van der Waals surface area contributed by atoms with E-state index in [1.165, 1.54) is 30.3 Å². The monoisotopic (exact) mass is 370 g/mol. The summed E-state index contributed by atoms with van der Waals surface area (Å²) in [6.45, 7) is 1.98. The lowest BCUT2D eigenvalue weighted by molar-refractivity contribution is 0.560. The van der Waals surface area contributed by atoms with Gasteiger partial charge in [0.2, 0.25) is 5.82 Å². The first-order valence-corrected chi connectivity index (χ1v) is 9.41. The second-order valence-corrected chi connectivity index (χ2v) is 7.16. The fraction of sp³-hybridized carbons (Fsp3) is 0.227. The fourth-order valence-electron chi connectivity index (χ4n) is 4.05. The highest BCUT2D eigenvalue weighted by Crippen LogP contribution is 2.32. The maximum atomic E-state index is 12.8. The van der Waals surface area contributed by atoms with Gasteiger partial charge >= 0.3 is 5.63 Å². The topological polar surface area (TPSA) is 81.8 Å². The molecule has 6 nitrogen and oxygen atoms in total. The van der Waals surface area contributed by atoms with Gasteiger partial charge in [-0.15, -0.1) is 20.4 Å². The molecule has 0 radical (unpaired) electrons. The lowest BCUT2D eigenvalue weighted by Gasteiger charge is -2.17. The number of hydrogen-bond acceptors (Lipinski definition) is 6. The van der Waals surface area contributed by atoms with Gasteiger partial charge in [0.05, 0.1) is 5.56 Å². The first-order valence-electron chi connectivity index (χ1n) is 9.41. The molecule has 2 aromatic heterocycles. The maximum Gasteiger partial charge on any atom is 0.344 e. The second-order valence-electron chi connectivity index (χ2n) is 7.16. The Morgan fingerprint density at radius 2 is 1.64 bits per heavy atom. The zero-order valence-corrected chi connectivity index (χ0v) is 15.5. The Kier molecular flexibility index (Phi) is 3.97. The summed E-state index contributed by atoms with van der Waals surface area (Å²) in [4.78, 5) is 12.8. The molecule has 6 heteroatoms. The van der Waals surface area contributed by atoms with Crippen LogP contribution in [0.15, 0.2) is 51.9 Å². The molecule has 2 aromatic carbocycles. The van der Waals surface area contributed by atoms with E-state index in [2.05, 4.69) is 26.5 Å². The van der Waals surface area contributed by atoms with Crippen LogP contribution in [-0.2, 0) is 12.8 Å². The first kappa shape index (κ1) is 16.7. The third-order valence-corrected chi connectivity index (χ3v) is 5.45. The van der Waals surface area contributed by atoms with E-state index in [1.807, 2.05) is 37.3 Å². The molecule has 2 heterocycles. The van der Waals surface area contributed by atoms with E-state index in [0.717, 1.165) is 34.9 Å². The van der Waals surface area contributed by atoms with Crippen LogP contribution in [0.5, 0.6) is 0 Å². The fourth-order valence-corrected chi connectivity index (χ4v) is 4.05. The van der Waals surface area contributed by atoms with Gasteiger partial charge < -0.3 is 4.42 Å². The largest absolute Gasteiger partial charge is 0.422 e. The molecule has 0 bridgehead atoms. The lowest BCUT2D eigenvalue weighted by atomic mass is 9.89. The molecule has 0 unspecified atom stereocenters. The van der Waals surface area contributed by atoms with Gasteiger partial charge in [0.15, 0.2) is 6.33 Å². The van der Waals surface area contributed by atoms with Gasteiger partial charge in [0.25, 0.3) is 0 Å². The highest BCUT2D eigenvalue weighted by atomic mass is 16.4. The quantitative estimate of drug-likeness (QED) is 0.498. The number of aryl methyl sites for hydroxylation is 3. The number of aromatic nitrogens is 4. The molecule has 4 aromatic rings. The molecule has 0 aliphatic heterocycles. The van der Waals surface area contributed by atoms with Gasteiger partial charge in [-0.2, -0.15) is 0 Å². The minimum absolute atomic E-state index is 0.330. The predicted molar refractivity (Wildman–Crippen MR) is 106 cm³/mol. The number of benzene rings is 2. The van der Waals surface area contributed by atoms with Crippen LogP contribution in [0.2, 0.25) is 0 Å². The van der Waals surface area contributed by atoms with Gasteiger partial charge in [-0.05, 0) is 73.1 Å². The van der Waals surface area contributed by atoms with Crippen LogP contribution >= 0.6 is 0 Å². The SMILES string of the molecule is Cc1c(-c2cccc(-c3nncnn3)c2)c(=O)oc2cc3c(cc12)CCCC3. The third-order valence-electron chi connectivity index (χ3n) is 5.45. The van der Waals surface area contributed by atoms with Crippen molar-refractivity contribution in [2.75, 3.05) is 0 Å². The summed E-state index contributed by atoms with van der Waals surface area (Å²) in [5.41, 5.74) is 6.04. The third kappa shape index (κ3) is 2.78. The molecule has 0 N–H and O–H groups in total. The first-order chi connectivity index (χ1) is 13.7. The molecule has 1 aliphatic rings. The number of fused-ring (bicyclic) bond motifs is 2. The molecular formula is C22H18N4O2. The summed E-state index contributed by atoms with van der Waals surface area (Å²) >= 11 is 0. The lowest BCUT2D eigenvalue weighted by Crippen LogP contribution is -2.08. The maximum absolute atomic E-state index is 12.8. The van der Waals surface area contributed by atoms with E-state index < -0.39 is 0 Å². The minimum atomic E-state index is -0.330. The smallest absolute Gasteiger partial charge is 0.344 e. The highest BCUT2D eigenvalue weighted by Gasteiger charge is 2.18. The van der Waals surface area contributed by atoms with Crippen LogP contribution in [0.4, 0.5) is 0 Å². The van der Waals surface area contributed by atoms with E-state index in [9.17, 15) is 4.79 Å². The molecule has 5 rings (SSSR count). The van der Waals surface area contributed by atoms with Gasteiger partial charge in [-0.3, -0.25) is 0 Å². The summed E-state index contributed by atoms with van der Waals surface area (Å²) in [6, 6.07) is 11.8. The second kappa shape index (κ2) is 6.64. The molecule has 0 spiro atoms. The summed E-state index contributed by atoms with van der Waals surface area (Å²) in [6.07, 6.45) is 5.83. The summed E-state index contributed by atoms with van der Waals surface area (Å²) in [5, 5.41) is 16.6. The zero-order chi connectivity index (χ0) is 19.1. The molecule has 0 saturated carbocycles. The van der Waals surface area contributed by atoms with Gasteiger partial charge in [-0.25, -0.2) is 4.79 Å². The average Bonchev–Trinajstić information content (AvgIpc) is 2.73.